The number of ether oxygens (including phenoxy) is 6. The average molecular weight is 996 g/mol. The maximum atomic E-state index is 14.6. The number of oxime groups is 1. The summed E-state index contributed by atoms with van der Waals surface area (Å²) >= 11 is 2.54. The van der Waals surface area contributed by atoms with Crippen molar-refractivity contribution in [1.82, 2.24) is 15.2 Å². The van der Waals surface area contributed by atoms with Crippen LogP contribution < -0.4 is 29.6 Å². The topological polar surface area (TPSA) is 185 Å². The van der Waals surface area contributed by atoms with Crippen molar-refractivity contribution < 1.29 is 52.4 Å². The first-order valence-electron chi connectivity index (χ1n) is 22.1. The molecule has 0 bridgehead atoms. The lowest BCUT2D eigenvalue weighted by Crippen LogP contribution is -2.71. The zero-order valence-corrected chi connectivity index (χ0v) is 40.9. The summed E-state index contributed by atoms with van der Waals surface area (Å²) < 4.78 is 32.3. The predicted octanol–water partition coefficient (Wildman–Crippen LogP) is 7.63. The molecule has 2 N–H and O–H groups in total. The van der Waals surface area contributed by atoms with Gasteiger partial charge in [-0.3, -0.25) is 14.5 Å². The molecule has 0 saturated carbocycles. The van der Waals surface area contributed by atoms with Crippen LogP contribution >= 0.6 is 23.1 Å². The zero-order valence-electron chi connectivity index (χ0n) is 39.3. The van der Waals surface area contributed by atoms with E-state index in [-0.39, 0.29) is 36.1 Å². The molecule has 2 amide bonds. The second-order valence-electron chi connectivity index (χ2n) is 15.7. The van der Waals surface area contributed by atoms with E-state index < -0.39 is 40.7 Å². The maximum absolute atomic E-state index is 14.6. The summed E-state index contributed by atoms with van der Waals surface area (Å²) in [7, 11) is 7.29. The molecule has 8 rings (SSSR count). The van der Waals surface area contributed by atoms with Gasteiger partial charge in [-0.2, -0.15) is 0 Å². The van der Waals surface area contributed by atoms with Gasteiger partial charge >= 0.3 is 11.9 Å². The summed E-state index contributed by atoms with van der Waals surface area (Å²) in [6.45, 7) is -0.313. The number of hydrogen-bond donors (Lipinski definition) is 2. The largest absolute Gasteiger partial charge is 0.497 e. The molecule has 16 nitrogen and oxygen atoms in total. The van der Waals surface area contributed by atoms with E-state index in [0.29, 0.717) is 44.8 Å². The van der Waals surface area contributed by atoms with Crippen molar-refractivity contribution in [3.63, 3.8) is 0 Å². The van der Waals surface area contributed by atoms with Crippen molar-refractivity contribution in [1.29, 1.82) is 0 Å². The van der Waals surface area contributed by atoms with Gasteiger partial charge < -0.3 is 43.9 Å². The molecule has 0 unspecified atom stereocenters. The second-order valence-corrected chi connectivity index (χ2v) is 17.7. The number of methoxy groups -OCH3 is 5. The summed E-state index contributed by atoms with van der Waals surface area (Å²) in [6, 6.07) is 39.1. The summed E-state index contributed by atoms with van der Waals surface area (Å²) in [5.74, 6) is -0.671. The SMILES string of the molecule is COC(=O)/C=C\C1=C(C(=O)OCc2ccc(OC)cc2OC)N2C(=O)[C@@H](NC(=O)/C(=N\OCc3ccc(OC)cc3OC)c3csc(NC(c4ccccc4)(c4ccccc4)c4ccccc4)n3)[C@H]2SC1. The summed E-state index contributed by atoms with van der Waals surface area (Å²) in [5, 5.41) is 12.3. The molecule has 5 aromatic carbocycles. The maximum Gasteiger partial charge on any atom is 0.355 e. The minimum Gasteiger partial charge on any atom is -0.497 e. The molecule has 1 saturated heterocycles. The second kappa shape index (κ2) is 22.6. The van der Waals surface area contributed by atoms with Gasteiger partial charge in [0.2, 0.25) is 0 Å². The molecule has 0 radical (unpaired) electrons. The highest BCUT2D eigenvalue weighted by molar-refractivity contribution is 8.00. The van der Waals surface area contributed by atoms with Crippen molar-refractivity contribution in [3.05, 3.63) is 190 Å². The van der Waals surface area contributed by atoms with Crippen LogP contribution in [0, 0.1) is 0 Å². The normalized spacial score (nSPS) is 15.5. The fourth-order valence-electron chi connectivity index (χ4n) is 8.11. The number of hydrogen-bond acceptors (Lipinski definition) is 16. The van der Waals surface area contributed by atoms with Gasteiger partial charge in [0.15, 0.2) is 10.8 Å². The standard InChI is InChI=1S/C53H49N5O11S2/c1-63-39-24-21-33(42(27-39)65-3)29-68-51(62)47-35(23-26-44(59)67-5)31-70-50-46(49(61)58(47)50)55-48(60)45(57-69-30-34-22-25-40(64-2)28-43(34)66-4)41-32-71-52(54-41)56-53(36-15-9-6-10-16-36,37-17-11-7-12-18-37)38-19-13-8-14-20-38/h6-28,32,46,50H,29-31H2,1-5H3,(H,54,56)(H,55,60)/b26-23-,57-45-/t46-,50-/m1/s1. The fourth-order valence-corrected chi connectivity index (χ4v) is 10.2. The molecular formula is C53H49N5O11S2. The van der Waals surface area contributed by atoms with Crippen LogP contribution in [0.3, 0.4) is 0 Å². The van der Waals surface area contributed by atoms with Crippen LogP contribution in [0.25, 0.3) is 0 Å². The Bertz CT molecular complexity index is 2890. The van der Waals surface area contributed by atoms with Crippen LogP contribution in [0.1, 0.15) is 33.5 Å². The van der Waals surface area contributed by atoms with Gasteiger partial charge in [-0.25, -0.2) is 14.6 Å². The van der Waals surface area contributed by atoms with Crippen LogP contribution in [0.15, 0.2) is 161 Å². The van der Waals surface area contributed by atoms with Gasteiger partial charge in [-0.15, -0.1) is 23.1 Å². The Morgan fingerprint density at radius 2 is 1.32 bits per heavy atom. The third-order valence-corrected chi connectivity index (χ3v) is 13.8. The Balaban J connectivity index is 1.10. The highest BCUT2D eigenvalue weighted by Gasteiger charge is 2.54. The quantitative estimate of drug-likeness (QED) is 0.0190. The average Bonchev–Trinajstić information content (AvgIpc) is 3.89. The number of β-lactam (4-membered cyclic amide) rings is 1. The fraction of sp³-hybridized carbons (Fsp3) is 0.208. The lowest BCUT2D eigenvalue weighted by Gasteiger charge is -2.49. The number of rotatable bonds is 20. The van der Waals surface area contributed by atoms with Crippen LogP contribution in [0.2, 0.25) is 0 Å². The first-order chi connectivity index (χ1) is 34.6. The van der Waals surface area contributed by atoms with E-state index in [1.807, 2.05) is 91.0 Å². The van der Waals surface area contributed by atoms with Gasteiger partial charge in [0.1, 0.15) is 64.6 Å². The van der Waals surface area contributed by atoms with Crippen molar-refractivity contribution in [2.24, 2.45) is 5.16 Å². The number of nitrogens with one attached hydrogen (secondary N) is 2. The van der Waals surface area contributed by atoms with Crippen LogP contribution in [0.4, 0.5) is 5.13 Å². The molecule has 2 aliphatic rings. The lowest BCUT2D eigenvalue weighted by atomic mass is 9.77. The van der Waals surface area contributed by atoms with E-state index in [4.69, 9.17) is 38.2 Å². The minimum atomic E-state index is -1.12. The van der Waals surface area contributed by atoms with E-state index in [0.717, 1.165) is 22.8 Å². The number of aromatic nitrogens is 1. The Kier molecular flexibility index (Phi) is 15.7. The summed E-state index contributed by atoms with van der Waals surface area (Å²) in [4.78, 5) is 67.2. The Morgan fingerprint density at radius 3 is 1.86 bits per heavy atom. The molecular weight excluding hydrogens is 947 g/mol. The molecule has 0 aliphatic carbocycles. The highest BCUT2D eigenvalue weighted by atomic mass is 32.2. The van der Waals surface area contributed by atoms with Crippen molar-refractivity contribution in [2.75, 3.05) is 46.6 Å². The smallest absolute Gasteiger partial charge is 0.355 e. The third kappa shape index (κ3) is 10.6. The van der Waals surface area contributed by atoms with E-state index in [1.165, 1.54) is 62.5 Å². The van der Waals surface area contributed by atoms with E-state index in [1.54, 1.807) is 48.9 Å². The molecule has 2 aliphatic heterocycles. The third-order valence-electron chi connectivity index (χ3n) is 11.7. The van der Waals surface area contributed by atoms with Gasteiger partial charge in [0.25, 0.3) is 11.8 Å². The number of fused-ring (bicyclic) bond motifs is 1. The Morgan fingerprint density at radius 1 is 0.761 bits per heavy atom. The number of benzene rings is 5. The summed E-state index contributed by atoms with van der Waals surface area (Å²) in [6.07, 6.45) is 2.57. The van der Waals surface area contributed by atoms with E-state index in [9.17, 15) is 19.2 Å². The number of esters is 2. The summed E-state index contributed by atoms with van der Waals surface area (Å²) in [5.41, 5.74) is 3.25. The monoisotopic (exact) mass is 995 g/mol. The molecule has 2 atom stereocenters. The molecule has 1 aromatic heterocycles. The number of thiazole rings is 1. The number of anilines is 1. The first kappa shape index (κ1) is 49.3. The van der Waals surface area contributed by atoms with Crippen LogP contribution in [0.5, 0.6) is 23.0 Å². The highest BCUT2D eigenvalue weighted by Crippen LogP contribution is 2.43. The van der Waals surface area contributed by atoms with Crippen molar-refractivity contribution >= 4 is 57.7 Å². The molecule has 1 fully saturated rings. The van der Waals surface area contributed by atoms with Gasteiger partial charge in [-0.05, 0) is 52.6 Å². The minimum absolute atomic E-state index is 0.0866. The van der Waals surface area contributed by atoms with Crippen molar-refractivity contribution in [2.45, 2.75) is 30.2 Å². The van der Waals surface area contributed by atoms with E-state index >= 15 is 0 Å². The molecule has 364 valence electrons. The van der Waals surface area contributed by atoms with Gasteiger partial charge in [0.05, 0.1) is 35.5 Å². The number of carbonyl (C=O) groups excluding carboxylic acids is 4. The number of carbonyl (C=O) groups is 4. The zero-order chi connectivity index (χ0) is 49.9. The predicted molar refractivity (Wildman–Crippen MR) is 268 cm³/mol. The van der Waals surface area contributed by atoms with Crippen LogP contribution in [-0.2, 0) is 52.2 Å². The van der Waals surface area contributed by atoms with Crippen LogP contribution in [-0.4, -0.2) is 92.1 Å². The number of nitrogens with zero attached hydrogens (tertiary/aromatic N) is 3. The Labute approximate surface area is 418 Å². The number of amides is 2. The number of thioether (sulfide) groups is 1. The van der Waals surface area contributed by atoms with Gasteiger partial charge in [-0.1, -0.05) is 96.2 Å². The Hall–Kier alpha value is -8.09. The van der Waals surface area contributed by atoms with E-state index in [2.05, 4.69) is 15.8 Å². The molecule has 6 aromatic rings. The molecule has 18 heteroatoms. The first-order valence-corrected chi connectivity index (χ1v) is 24.0. The molecule has 71 heavy (non-hydrogen) atoms. The van der Waals surface area contributed by atoms with Crippen molar-refractivity contribution in [3.8, 4) is 23.0 Å². The van der Waals surface area contributed by atoms with Gasteiger partial charge in [0, 0.05) is 40.5 Å². The molecule has 0 spiro atoms. The molecule has 3 heterocycles. The lowest BCUT2D eigenvalue weighted by molar-refractivity contribution is -0.153. The number of allylic oxidation sites excluding steroid dienone is 1.